The second-order valence-electron chi connectivity index (χ2n) is 8.83. The smallest absolute Gasteiger partial charge is 0.276 e. The molecule has 3 fully saturated rings. The third-order valence-corrected chi connectivity index (χ3v) is 5.47. The number of halogens is 1. The van der Waals surface area contributed by atoms with E-state index in [1.54, 1.807) is 45.9 Å². The van der Waals surface area contributed by atoms with Crippen LogP contribution >= 0.6 is 11.6 Å². The highest BCUT2D eigenvalue weighted by atomic mass is 35.5. The molecule has 0 aromatic heterocycles. The van der Waals surface area contributed by atoms with E-state index >= 15 is 0 Å². The van der Waals surface area contributed by atoms with Crippen molar-refractivity contribution in [1.82, 2.24) is 10.9 Å². The molecule has 0 aliphatic carbocycles. The Balaban J connectivity index is 1.35. The molecule has 0 bridgehead atoms. The number of carbonyl (C=O) groups is 2. The van der Waals surface area contributed by atoms with Crippen LogP contribution in [-0.2, 0) is 33.3 Å². The van der Waals surface area contributed by atoms with Gasteiger partial charge in [-0.2, -0.15) is 0 Å². The Hall–Kier alpha value is -1.95. The fraction of sp³-hybridized carbons (Fsp3) is 0.619. The third kappa shape index (κ3) is 4.85. The summed E-state index contributed by atoms with van der Waals surface area (Å²) in [6.07, 6.45) is -3.76. The Labute approximate surface area is 190 Å². The number of hydrogen-bond acceptors (Lipinski definition) is 8. The van der Waals surface area contributed by atoms with E-state index in [0.29, 0.717) is 10.8 Å². The summed E-state index contributed by atoms with van der Waals surface area (Å²) in [5.74, 6) is -2.48. The zero-order valence-electron chi connectivity index (χ0n) is 18.5. The lowest BCUT2D eigenvalue weighted by Gasteiger charge is -2.36. The molecule has 0 radical (unpaired) electrons. The van der Waals surface area contributed by atoms with Gasteiger partial charge >= 0.3 is 0 Å². The molecular formula is C21H27ClN2O8. The molecule has 5 unspecified atom stereocenters. The van der Waals surface area contributed by atoms with Gasteiger partial charge in [0.2, 0.25) is 0 Å². The summed E-state index contributed by atoms with van der Waals surface area (Å²) >= 11 is 5.91. The quantitative estimate of drug-likeness (QED) is 0.637. The molecular weight excluding hydrogens is 444 g/mol. The number of hydrazine groups is 1. The van der Waals surface area contributed by atoms with Crippen LogP contribution in [0.15, 0.2) is 18.2 Å². The fourth-order valence-corrected chi connectivity index (χ4v) is 4.21. The largest absolute Gasteiger partial charge is 0.483 e. The van der Waals surface area contributed by atoms with Crippen LogP contribution in [0, 0.1) is 6.92 Å². The predicted molar refractivity (Wildman–Crippen MR) is 110 cm³/mol. The Kier molecular flexibility index (Phi) is 6.12. The van der Waals surface area contributed by atoms with Crippen LogP contribution in [0.4, 0.5) is 0 Å². The molecule has 4 rings (SSSR count). The molecule has 0 saturated carbocycles. The van der Waals surface area contributed by atoms with Crippen LogP contribution in [0.25, 0.3) is 0 Å². The van der Waals surface area contributed by atoms with Crippen molar-refractivity contribution in [1.29, 1.82) is 0 Å². The number of ether oxygens (including phenoxy) is 6. The summed E-state index contributed by atoms with van der Waals surface area (Å²) in [7, 11) is 0. The number of carbonyl (C=O) groups excluding carboxylic acids is 2. The molecule has 3 aliphatic rings. The lowest BCUT2D eigenvalue weighted by Crippen LogP contribution is -2.61. The van der Waals surface area contributed by atoms with Crippen molar-refractivity contribution in [2.45, 2.75) is 76.9 Å². The molecule has 3 heterocycles. The maximum Gasteiger partial charge on any atom is 0.276 e. The molecule has 2 amide bonds. The number of aryl methyl sites for hydroxylation is 1. The van der Waals surface area contributed by atoms with E-state index in [2.05, 4.69) is 10.9 Å². The van der Waals surface area contributed by atoms with Gasteiger partial charge in [0.15, 0.2) is 30.6 Å². The second kappa shape index (κ2) is 8.44. The summed E-state index contributed by atoms with van der Waals surface area (Å²) < 4.78 is 34.9. The minimum absolute atomic E-state index is 0.303. The van der Waals surface area contributed by atoms with Crippen molar-refractivity contribution in [2.24, 2.45) is 0 Å². The average molecular weight is 471 g/mol. The first-order chi connectivity index (χ1) is 14.9. The first-order valence-corrected chi connectivity index (χ1v) is 10.7. The highest BCUT2D eigenvalue weighted by Gasteiger charge is 2.62. The van der Waals surface area contributed by atoms with Crippen molar-refractivity contribution in [3.8, 4) is 5.75 Å². The van der Waals surface area contributed by atoms with Crippen LogP contribution in [0.2, 0.25) is 5.02 Å². The van der Waals surface area contributed by atoms with E-state index < -0.39 is 54.1 Å². The van der Waals surface area contributed by atoms with Crippen LogP contribution in [-0.4, -0.2) is 60.7 Å². The molecule has 1 aromatic carbocycles. The fourth-order valence-electron chi connectivity index (χ4n) is 3.98. The van der Waals surface area contributed by atoms with E-state index in [-0.39, 0.29) is 6.61 Å². The molecule has 11 heteroatoms. The van der Waals surface area contributed by atoms with E-state index in [0.717, 1.165) is 5.56 Å². The van der Waals surface area contributed by atoms with Gasteiger partial charge in [-0.3, -0.25) is 20.4 Å². The lowest BCUT2D eigenvalue weighted by atomic mass is 9.98. The van der Waals surface area contributed by atoms with Gasteiger partial charge in [0.25, 0.3) is 11.8 Å². The Morgan fingerprint density at radius 2 is 1.66 bits per heavy atom. The summed E-state index contributed by atoms with van der Waals surface area (Å²) in [5.41, 5.74) is 5.46. The molecule has 2 N–H and O–H groups in total. The van der Waals surface area contributed by atoms with Crippen LogP contribution in [0.1, 0.15) is 33.3 Å². The lowest BCUT2D eigenvalue weighted by molar-refractivity contribution is -0.231. The first-order valence-electron chi connectivity index (χ1n) is 10.3. The van der Waals surface area contributed by atoms with Crippen LogP contribution < -0.4 is 15.6 Å². The molecule has 0 spiro atoms. The Bertz CT molecular complexity index is 908. The van der Waals surface area contributed by atoms with Gasteiger partial charge in [-0.1, -0.05) is 11.6 Å². The SMILES string of the molecule is Cc1cc(Cl)ccc1OCC(=O)NNC(=O)C1OC2OC(C)(C)OC2C2OC(C)(C)OC12. The molecule has 5 atom stereocenters. The molecule has 3 aliphatic heterocycles. The van der Waals surface area contributed by atoms with Gasteiger partial charge < -0.3 is 28.4 Å². The molecule has 1 aromatic rings. The van der Waals surface area contributed by atoms with Crippen LogP contribution in [0.5, 0.6) is 5.75 Å². The number of amides is 2. The van der Waals surface area contributed by atoms with Crippen molar-refractivity contribution in [2.75, 3.05) is 6.61 Å². The molecule has 3 saturated heterocycles. The summed E-state index contributed by atoms with van der Waals surface area (Å²) in [5, 5.41) is 0.570. The monoisotopic (exact) mass is 470 g/mol. The number of benzene rings is 1. The van der Waals surface area contributed by atoms with Crippen molar-refractivity contribution in [3.05, 3.63) is 28.8 Å². The molecule has 32 heavy (non-hydrogen) atoms. The van der Waals surface area contributed by atoms with Crippen molar-refractivity contribution >= 4 is 23.4 Å². The number of fused-ring (bicyclic) bond motifs is 3. The molecule has 10 nitrogen and oxygen atoms in total. The van der Waals surface area contributed by atoms with Gasteiger partial charge in [-0.05, 0) is 58.4 Å². The van der Waals surface area contributed by atoms with Gasteiger partial charge in [0.1, 0.15) is 24.1 Å². The Morgan fingerprint density at radius 3 is 2.38 bits per heavy atom. The highest BCUT2D eigenvalue weighted by Crippen LogP contribution is 2.44. The van der Waals surface area contributed by atoms with Crippen LogP contribution in [0.3, 0.4) is 0 Å². The zero-order chi connectivity index (χ0) is 23.3. The predicted octanol–water partition coefficient (Wildman–Crippen LogP) is 1.57. The second-order valence-corrected chi connectivity index (χ2v) is 9.26. The van der Waals surface area contributed by atoms with E-state index in [4.69, 9.17) is 40.0 Å². The number of hydrogen-bond donors (Lipinski definition) is 2. The van der Waals surface area contributed by atoms with E-state index in [9.17, 15) is 9.59 Å². The standard InChI is InChI=1S/C21H27ClN2O8/c1-10-8-11(22)6-7-12(10)27-9-13(25)23-24-18(26)16-14-15(30-20(2,3)29-14)17-19(28-16)32-21(4,5)31-17/h6-8,14-17,19H,9H2,1-5H3,(H,23,25)(H,24,26). The molecule has 176 valence electrons. The van der Waals surface area contributed by atoms with E-state index in [1.807, 2.05) is 6.92 Å². The number of nitrogens with one attached hydrogen (secondary N) is 2. The van der Waals surface area contributed by atoms with Crippen molar-refractivity contribution in [3.63, 3.8) is 0 Å². The van der Waals surface area contributed by atoms with Gasteiger partial charge in [0, 0.05) is 5.02 Å². The minimum Gasteiger partial charge on any atom is -0.483 e. The maximum absolute atomic E-state index is 12.8. The zero-order valence-corrected chi connectivity index (χ0v) is 19.2. The maximum atomic E-state index is 12.8. The summed E-state index contributed by atoms with van der Waals surface area (Å²) in [6.45, 7) is 8.50. The Morgan fingerprint density at radius 1 is 1.00 bits per heavy atom. The van der Waals surface area contributed by atoms with Gasteiger partial charge in [-0.25, -0.2) is 0 Å². The first kappa shape index (κ1) is 23.2. The van der Waals surface area contributed by atoms with Gasteiger partial charge in [-0.15, -0.1) is 0 Å². The highest BCUT2D eigenvalue weighted by molar-refractivity contribution is 6.30. The number of rotatable bonds is 4. The normalized spacial score (nSPS) is 32.0. The van der Waals surface area contributed by atoms with Crippen molar-refractivity contribution < 1.29 is 38.0 Å². The third-order valence-electron chi connectivity index (χ3n) is 5.23. The van der Waals surface area contributed by atoms with Gasteiger partial charge in [0.05, 0.1) is 0 Å². The summed E-state index contributed by atoms with van der Waals surface area (Å²) in [6, 6.07) is 5.05. The summed E-state index contributed by atoms with van der Waals surface area (Å²) in [4.78, 5) is 25.0. The van der Waals surface area contributed by atoms with E-state index in [1.165, 1.54) is 0 Å². The minimum atomic E-state index is -1.08. The topological polar surface area (TPSA) is 114 Å². The average Bonchev–Trinajstić information content (AvgIpc) is 3.18.